The zero-order valence-corrected chi connectivity index (χ0v) is 20.5. The van der Waals surface area contributed by atoms with E-state index in [1.54, 1.807) is 0 Å². The summed E-state index contributed by atoms with van der Waals surface area (Å²) >= 11 is 0. The normalized spacial score (nSPS) is 16.3. The van der Waals surface area contributed by atoms with Crippen molar-refractivity contribution in [2.75, 3.05) is 13.1 Å². The summed E-state index contributed by atoms with van der Waals surface area (Å²) in [4.78, 5) is 5.19. The second-order valence-electron chi connectivity index (χ2n) is 9.32. The summed E-state index contributed by atoms with van der Waals surface area (Å²) in [6, 6.07) is 0. The average molecular weight is 407 g/mol. The van der Waals surface area contributed by atoms with Crippen LogP contribution in [-0.2, 0) is 0 Å². The van der Waals surface area contributed by atoms with E-state index in [0.717, 1.165) is 0 Å². The standard InChI is InChI=1S/C27H54N2/c1-4-7-9-11-12-13-14-15-16-17-18-20-22-24-29-26-25-28(27(29)6-3)23-21-19-10-8-5-2/h25-27H,4-24H2,1-3H3. The van der Waals surface area contributed by atoms with Crippen LogP contribution in [0.25, 0.3) is 0 Å². The molecule has 1 heterocycles. The first-order chi connectivity index (χ1) is 14.3. The van der Waals surface area contributed by atoms with Gasteiger partial charge in [0.1, 0.15) is 6.17 Å². The van der Waals surface area contributed by atoms with E-state index in [9.17, 15) is 0 Å². The molecule has 29 heavy (non-hydrogen) atoms. The molecule has 0 fully saturated rings. The van der Waals surface area contributed by atoms with Gasteiger partial charge in [-0.05, 0) is 19.3 Å². The van der Waals surface area contributed by atoms with Gasteiger partial charge in [-0.25, -0.2) is 0 Å². The zero-order chi connectivity index (χ0) is 21.0. The van der Waals surface area contributed by atoms with E-state index in [0.29, 0.717) is 6.17 Å². The number of rotatable bonds is 21. The molecule has 0 saturated heterocycles. The van der Waals surface area contributed by atoms with Gasteiger partial charge < -0.3 is 9.80 Å². The summed E-state index contributed by atoms with van der Waals surface area (Å²) in [6.07, 6.45) is 32.2. The topological polar surface area (TPSA) is 6.48 Å². The molecule has 0 radical (unpaired) electrons. The number of unbranched alkanes of at least 4 members (excludes halogenated alkanes) is 16. The fourth-order valence-corrected chi connectivity index (χ4v) is 4.69. The molecule has 1 unspecified atom stereocenters. The summed E-state index contributed by atoms with van der Waals surface area (Å²) in [5.74, 6) is 0. The second kappa shape index (κ2) is 19.3. The lowest BCUT2D eigenvalue weighted by Gasteiger charge is -2.32. The van der Waals surface area contributed by atoms with Crippen LogP contribution in [0.15, 0.2) is 12.4 Å². The Kier molecular flexibility index (Phi) is 17.6. The Hall–Kier alpha value is -0.660. The first-order valence-corrected chi connectivity index (χ1v) is 13.5. The Bertz CT molecular complexity index is 366. The second-order valence-corrected chi connectivity index (χ2v) is 9.32. The highest BCUT2D eigenvalue weighted by atomic mass is 15.4. The molecule has 0 amide bonds. The molecular weight excluding hydrogens is 352 g/mol. The van der Waals surface area contributed by atoms with Crippen LogP contribution in [0.1, 0.15) is 143 Å². The Morgan fingerprint density at radius 2 is 0.759 bits per heavy atom. The van der Waals surface area contributed by atoms with E-state index in [1.165, 1.54) is 135 Å². The highest BCUT2D eigenvalue weighted by Gasteiger charge is 2.23. The summed E-state index contributed by atoms with van der Waals surface area (Å²) in [6.45, 7) is 9.44. The lowest BCUT2D eigenvalue weighted by Crippen LogP contribution is -2.38. The first kappa shape index (κ1) is 26.4. The lowest BCUT2D eigenvalue weighted by atomic mass is 10.0. The van der Waals surface area contributed by atoms with Gasteiger partial charge >= 0.3 is 0 Å². The molecule has 1 aliphatic heterocycles. The predicted octanol–water partition coefficient (Wildman–Crippen LogP) is 8.87. The number of hydrogen-bond acceptors (Lipinski definition) is 2. The lowest BCUT2D eigenvalue weighted by molar-refractivity contribution is 0.144. The summed E-state index contributed by atoms with van der Waals surface area (Å²) < 4.78 is 0. The first-order valence-electron chi connectivity index (χ1n) is 13.5. The fourth-order valence-electron chi connectivity index (χ4n) is 4.69. The van der Waals surface area contributed by atoms with E-state index in [1.807, 2.05) is 0 Å². The molecule has 0 aromatic rings. The van der Waals surface area contributed by atoms with Gasteiger partial charge in [0, 0.05) is 25.5 Å². The average Bonchev–Trinajstić information content (AvgIpc) is 3.13. The molecule has 0 spiro atoms. The smallest absolute Gasteiger partial charge is 0.100 e. The monoisotopic (exact) mass is 406 g/mol. The van der Waals surface area contributed by atoms with Crippen molar-refractivity contribution in [1.29, 1.82) is 0 Å². The quantitative estimate of drug-likeness (QED) is 0.176. The number of hydrogen-bond donors (Lipinski definition) is 0. The van der Waals surface area contributed by atoms with Gasteiger partial charge in [-0.2, -0.15) is 0 Å². The maximum Gasteiger partial charge on any atom is 0.100 e. The van der Waals surface area contributed by atoms with Gasteiger partial charge in [-0.1, -0.05) is 124 Å². The Morgan fingerprint density at radius 1 is 0.448 bits per heavy atom. The van der Waals surface area contributed by atoms with E-state index in [4.69, 9.17) is 0 Å². The largest absolute Gasteiger partial charge is 0.356 e. The zero-order valence-electron chi connectivity index (χ0n) is 20.5. The van der Waals surface area contributed by atoms with E-state index in [2.05, 4.69) is 43.0 Å². The van der Waals surface area contributed by atoms with Crippen molar-refractivity contribution in [3.8, 4) is 0 Å². The maximum absolute atomic E-state index is 2.60. The molecule has 1 rings (SSSR count). The van der Waals surface area contributed by atoms with Crippen LogP contribution in [0.5, 0.6) is 0 Å². The molecule has 0 bridgehead atoms. The van der Waals surface area contributed by atoms with Crippen molar-refractivity contribution in [3.63, 3.8) is 0 Å². The van der Waals surface area contributed by atoms with Crippen LogP contribution in [0.4, 0.5) is 0 Å². The van der Waals surface area contributed by atoms with E-state index < -0.39 is 0 Å². The van der Waals surface area contributed by atoms with Crippen LogP contribution in [-0.4, -0.2) is 29.1 Å². The summed E-state index contributed by atoms with van der Waals surface area (Å²) in [7, 11) is 0. The summed E-state index contributed by atoms with van der Waals surface area (Å²) in [5.41, 5.74) is 0. The van der Waals surface area contributed by atoms with Crippen LogP contribution in [0.3, 0.4) is 0 Å². The minimum Gasteiger partial charge on any atom is -0.356 e. The third kappa shape index (κ3) is 13.3. The Morgan fingerprint density at radius 3 is 1.07 bits per heavy atom. The highest BCUT2D eigenvalue weighted by molar-refractivity contribution is 4.96. The highest BCUT2D eigenvalue weighted by Crippen LogP contribution is 2.21. The molecule has 0 aliphatic carbocycles. The molecular formula is C27H54N2. The SMILES string of the molecule is CCCCCCCCCCCCCCCN1C=CN(CCCCCCC)C1CC. The molecule has 1 aliphatic rings. The van der Waals surface area contributed by atoms with Gasteiger partial charge in [0.25, 0.3) is 0 Å². The Labute approximate surface area is 184 Å². The van der Waals surface area contributed by atoms with Gasteiger partial charge in [0.05, 0.1) is 0 Å². The molecule has 0 aromatic carbocycles. The third-order valence-electron chi connectivity index (χ3n) is 6.62. The minimum atomic E-state index is 0.624. The van der Waals surface area contributed by atoms with Gasteiger partial charge in [-0.15, -0.1) is 0 Å². The van der Waals surface area contributed by atoms with E-state index >= 15 is 0 Å². The summed E-state index contributed by atoms with van der Waals surface area (Å²) in [5, 5.41) is 0. The van der Waals surface area contributed by atoms with Gasteiger partial charge in [-0.3, -0.25) is 0 Å². The molecule has 172 valence electrons. The van der Waals surface area contributed by atoms with Crippen molar-refractivity contribution in [1.82, 2.24) is 9.80 Å². The van der Waals surface area contributed by atoms with E-state index in [-0.39, 0.29) is 0 Å². The molecule has 0 N–H and O–H groups in total. The molecule has 1 atom stereocenters. The van der Waals surface area contributed by atoms with Crippen molar-refractivity contribution < 1.29 is 0 Å². The molecule has 0 aromatic heterocycles. The van der Waals surface area contributed by atoms with Crippen LogP contribution < -0.4 is 0 Å². The van der Waals surface area contributed by atoms with Crippen LogP contribution in [0.2, 0.25) is 0 Å². The molecule has 2 nitrogen and oxygen atoms in total. The Balaban J connectivity index is 1.94. The predicted molar refractivity (Wildman–Crippen MR) is 131 cm³/mol. The van der Waals surface area contributed by atoms with Gasteiger partial charge in [0.15, 0.2) is 0 Å². The van der Waals surface area contributed by atoms with Crippen molar-refractivity contribution in [2.45, 2.75) is 149 Å². The van der Waals surface area contributed by atoms with Crippen molar-refractivity contribution in [2.24, 2.45) is 0 Å². The number of nitrogens with zero attached hydrogens (tertiary/aromatic N) is 2. The van der Waals surface area contributed by atoms with Gasteiger partial charge in [0.2, 0.25) is 0 Å². The third-order valence-corrected chi connectivity index (χ3v) is 6.62. The van der Waals surface area contributed by atoms with Crippen LogP contribution in [0, 0.1) is 0 Å². The van der Waals surface area contributed by atoms with Crippen molar-refractivity contribution in [3.05, 3.63) is 12.4 Å². The minimum absolute atomic E-state index is 0.624. The van der Waals surface area contributed by atoms with Crippen LogP contribution >= 0.6 is 0 Å². The van der Waals surface area contributed by atoms with Crippen molar-refractivity contribution >= 4 is 0 Å². The molecule has 2 heteroatoms. The fraction of sp³-hybridized carbons (Fsp3) is 0.926. The molecule has 0 saturated carbocycles. The maximum atomic E-state index is 2.60.